The molecule has 3 rings (SSSR count). The molecule has 7 nitrogen and oxygen atoms in total. The Morgan fingerprint density at radius 2 is 2.12 bits per heavy atom. The van der Waals surface area contributed by atoms with Crippen molar-refractivity contribution in [2.75, 3.05) is 18.6 Å². The highest BCUT2D eigenvalue weighted by Crippen LogP contribution is 2.34. The summed E-state index contributed by atoms with van der Waals surface area (Å²) in [6.07, 6.45) is 8.46. The van der Waals surface area contributed by atoms with E-state index in [0.29, 0.717) is 34.4 Å². The largest absolute Gasteiger partial charge is 0.323 e. The zero-order valence-electron chi connectivity index (χ0n) is 14.5. The second kappa shape index (κ2) is 8.79. The van der Waals surface area contributed by atoms with E-state index in [9.17, 15) is 4.79 Å². The number of rotatable bonds is 6. The first-order chi connectivity index (χ1) is 11.6. The van der Waals surface area contributed by atoms with Gasteiger partial charge in [0.25, 0.3) is 0 Å². The molecule has 130 valence electrons. The highest BCUT2D eigenvalue weighted by atomic mass is 32.2. The van der Waals surface area contributed by atoms with Gasteiger partial charge < -0.3 is 10.6 Å². The molecule has 2 heterocycles. The predicted molar refractivity (Wildman–Crippen MR) is 97.2 cm³/mol. The number of nitrogens with one attached hydrogen (secondary N) is 2. The van der Waals surface area contributed by atoms with Crippen molar-refractivity contribution in [3.8, 4) is 0 Å². The van der Waals surface area contributed by atoms with Crippen LogP contribution in [0.3, 0.4) is 0 Å². The van der Waals surface area contributed by atoms with Crippen LogP contribution in [0.15, 0.2) is 23.6 Å². The van der Waals surface area contributed by atoms with E-state index in [2.05, 4.69) is 39.5 Å². The van der Waals surface area contributed by atoms with Gasteiger partial charge in [0, 0.05) is 24.5 Å². The van der Waals surface area contributed by atoms with Crippen LogP contribution in [0.2, 0.25) is 0 Å². The fourth-order valence-electron chi connectivity index (χ4n) is 1.73. The van der Waals surface area contributed by atoms with Crippen molar-refractivity contribution in [3.05, 3.63) is 24.0 Å². The van der Waals surface area contributed by atoms with E-state index in [0.717, 1.165) is 6.29 Å². The second-order valence-electron chi connectivity index (χ2n) is 5.76. The van der Waals surface area contributed by atoms with E-state index >= 15 is 0 Å². The highest BCUT2D eigenvalue weighted by Gasteiger charge is 2.24. The monoisotopic (exact) mass is 348 g/mol. The van der Waals surface area contributed by atoms with Crippen LogP contribution in [0.25, 0.3) is 0 Å². The quantitative estimate of drug-likeness (QED) is 0.472. The van der Waals surface area contributed by atoms with Crippen molar-refractivity contribution in [2.24, 2.45) is 0 Å². The number of nitrogens with zero attached hydrogens (tertiary/aromatic N) is 4. The number of carbonyl (C=O) groups is 1. The number of aldehydes is 1. The molecular formula is C16H24N6OS. The molecule has 0 aliphatic heterocycles. The van der Waals surface area contributed by atoms with E-state index in [1.807, 2.05) is 30.2 Å². The van der Waals surface area contributed by atoms with Crippen LogP contribution in [0.5, 0.6) is 0 Å². The van der Waals surface area contributed by atoms with Gasteiger partial charge in [-0.05, 0) is 26.1 Å². The SMILES string of the molecule is CNC(C)C.CSc1ncc(C=O)c(Nc2ccn(C3CC3)n2)n1. The van der Waals surface area contributed by atoms with E-state index in [4.69, 9.17) is 0 Å². The van der Waals surface area contributed by atoms with Crippen molar-refractivity contribution in [1.29, 1.82) is 0 Å². The molecule has 0 atom stereocenters. The zero-order chi connectivity index (χ0) is 17.5. The predicted octanol–water partition coefficient (Wildman–Crippen LogP) is 2.90. The number of carbonyl (C=O) groups excluding carboxylic acids is 1. The average molecular weight is 348 g/mol. The van der Waals surface area contributed by atoms with Gasteiger partial charge in [0.2, 0.25) is 0 Å². The summed E-state index contributed by atoms with van der Waals surface area (Å²) in [6.45, 7) is 4.22. The van der Waals surface area contributed by atoms with Gasteiger partial charge in [-0.1, -0.05) is 25.6 Å². The minimum Gasteiger partial charge on any atom is -0.323 e. The molecule has 1 saturated carbocycles. The van der Waals surface area contributed by atoms with Crippen molar-refractivity contribution >= 4 is 29.7 Å². The fourth-order valence-corrected chi connectivity index (χ4v) is 2.07. The molecule has 8 heteroatoms. The number of thioether (sulfide) groups is 1. The minimum atomic E-state index is 0.429. The molecular weight excluding hydrogens is 324 g/mol. The Kier molecular flexibility index (Phi) is 6.74. The zero-order valence-corrected chi connectivity index (χ0v) is 15.3. The summed E-state index contributed by atoms with van der Waals surface area (Å²) in [6, 6.07) is 3.05. The molecule has 2 aromatic rings. The first-order valence-electron chi connectivity index (χ1n) is 7.93. The third kappa shape index (κ3) is 5.31. The summed E-state index contributed by atoms with van der Waals surface area (Å²) in [5, 5.41) is 11.1. The molecule has 0 unspecified atom stereocenters. The first-order valence-corrected chi connectivity index (χ1v) is 9.15. The summed E-state index contributed by atoms with van der Waals surface area (Å²) in [5.74, 6) is 1.19. The maximum absolute atomic E-state index is 11.0. The lowest BCUT2D eigenvalue weighted by molar-refractivity contribution is 0.112. The molecule has 1 aliphatic carbocycles. The molecule has 0 radical (unpaired) electrons. The molecule has 24 heavy (non-hydrogen) atoms. The number of hydrogen-bond acceptors (Lipinski definition) is 7. The Balaban J connectivity index is 0.000000368. The Morgan fingerprint density at radius 1 is 1.42 bits per heavy atom. The smallest absolute Gasteiger partial charge is 0.189 e. The molecule has 2 aromatic heterocycles. The van der Waals surface area contributed by atoms with Gasteiger partial charge in [-0.15, -0.1) is 0 Å². The van der Waals surface area contributed by atoms with Gasteiger partial charge in [0.1, 0.15) is 5.82 Å². The Hall–Kier alpha value is -1.93. The summed E-state index contributed by atoms with van der Waals surface area (Å²) in [4.78, 5) is 19.3. The van der Waals surface area contributed by atoms with Gasteiger partial charge in [-0.3, -0.25) is 9.48 Å². The number of hydrogen-bond donors (Lipinski definition) is 2. The Labute approximate surface area is 146 Å². The standard InChI is InChI=1S/C12H13N5OS.C4H11N/c1-19-12-13-6-8(7-18)11(15-12)14-10-4-5-17(16-10)9-2-3-9;1-4(2)5-3/h4-7,9H,2-3H2,1H3,(H,13,14,15,16);4-5H,1-3H3. The lowest BCUT2D eigenvalue weighted by atomic mass is 10.3. The van der Waals surface area contributed by atoms with Gasteiger partial charge in [0.05, 0.1) is 11.6 Å². The first kappa shape index (κ1) is 18.4. The summed E-state index contributed by atoms with van der Waals surface area (Å²) in [7, 11) is 1.95. The molecule has 0 saturated heterocycles. The van der Waals surface area contributed by atoms with Crippen LogP contribution < -0.4 is 10.6 Å². The van der Waals surface area contributed by atoms with Crippen LogP contribution in [0, 0.1) is 0 Å². The van der Waals surface area contributed by atoms with Gasteiger partial charge in [-0.25, -0.2) is 9.97 Å². The Bertz CT molecular complexity index is 668. The van der Waals surface area contributed by atoms with Crippen molar-refractivity contribution in [2.45, 2.75) is 43.9 Å². The van der Waals surface area contributed by atoms with Crippen LogP contribution in [-0.4, -0.2) is 45.4 Å². The molecule has 0 bridgehead atoms. The van der Waals surface area contributed by atoms with E-state index in [1.165, 1.54) is 30.8 Å². The van der Waals surface area contributed by atoms with E-state index < -0.39 is 0 Å². The topological polar surface area (TPSA) is 84.7 Å². The molecule has 0 spiro atoms. The highest BCUT2D eigenvalue weighted by molar-refractivity contribution is 7.98. The molecule has 0 aromatic carbocycles. The van der Waals surface area contributed by atoms with E-state index in [-0.39, 0.29) is 0 Å². The molecule has 0 amide bonds. The normalized spacial score (nSPS) is 13.4. The maximum atomic E-state index is 11.0. The summed E-state index contributed by atoms with van der Waals surface area (Å²) >= 11 is 1.43. The lowest BCUT2D eigenvalue weighted by Gasteiger charge is -2.06. The Morgan fingerprint density at radius 3 is 2.67 bits per heavy atom. The van der Waals surface area contributed by atoms with Gasteiger partial charge >= 0.3 is 0 Å². The van der Waals surface area contributed by atoms with Gasteiger partial charge in [0.15, 0.2) is 17.3 Å². The average Bonchev–Trinajstić information content (AvgIpc) is 3.35. The van der Waals surface area contributed by atoms with Crippen LogP contribution in [-0.2, 0) is 0 Å². The maximum Gasteiger partial charge on any atom is 0.189 e. The van der Waals surface area contributed by atoms with Crippen LogP contribution >= 0.6 is 11.8 Å². The number of aromatic nitrogens is 4. The fraction of sp³-hybridized carbons (Fsp3) is 0.500. The molecule has 1 aliphatic rings. The van der Waals surface area contributed by atoms with Crippen LogP contribution in [0.1, 0.15) is 43.1 Å². The summed E-state index contributed by atoms with van der Waals surface area (Å²) < 4.78 is 1.94. The van der Waals surface area contributed by atoms with Crippen molar-refractivity contribution in [3.63, 3.8) is 0 Å². The van der Waals surface area contributed by atoms with Gasteiger partial charge in [-0.2, -0.15) is 5.10 Å². The molecule has 2 N–H and O–H groups in total. The summed E-state index contributed by atoms with van der Waals surface area (Å²) in [5.41, 5.74) is 0.429. The van der Waals surface area contributed by atoms with Crippen molar-refractivity contribution in [1.82, 2.24) is 25.1 Å². The minimum absolute atomic E-state index is 0.429. The number of anilines is 2. The van der Waals surface area contributed by atoms with E-state index in [1.54, 1.807) is 0 Å². The third-order valence-electron chi connectivity index (χ3n) is 3.46. The molecule has 1 fully saturated rings. The second-order valence-corrected chi connectivity index (χ2v) is 6.53. The van der Waals surface area contributed by atoms with Crippen LogP contribution in [0.4, 0.5) is 11.6 Å². The third-order valence-corrected chi connectivity index (χ3v) is 4.02. The lowest BCUT2D eigenvalue weighted by Crippen LogP contribution is -2.15. The van der Waals surface area contributed by atoms with Crippen molar-refractivity contribution < 1.29 is 4.79 Å².